The molecule has 2 aliphatic rings. The van der Waals surface area contributed by atoms with E-state index in [-0.39, 0.29) is 40.3 Å². The van der Waals surface area contributed by atoms with Gasteiger partial charge in [0.05, 0.1) is 34.4 Å². The molecule has 0 aliphatic carbocycles. The number of thioether (sulfide) groups is 1. The molecule has 1 aromatic carbocycles. The smallest absolute Gasteiger partial charge is 0.232 e. The van der Waals surface area contributed by atoms with Crippen molar-refractivity contribution < 1.29 is 17.6 Å². The Labute approximate surface area is 154 Å². The van der Waals surface area contributed by atoms with Crippen LogP contribution in [0.5, 0.6) is 0 Å². The van der Waals surface area contributed by atoms with E-state index in [2.05, 4.69) is 4.99 Å². The quantitative estimate of drug-likeness (QED) is 0.764. The van der Waals surface area contributed by atoms with Crippen molar-refractivity contribution in [3.63, 3.8) is 0 Å². The number of benzene rings is 1. The number of hydrogen-bond donors (Lipinski definition) is 0. The van der Waals surface area contributed by atoms with Gasteiger partial charge in [-0.1, -0.05) is 23.4 Å². The molecule has 0 unspecified atom stereocenters. The summed E-state index contributed by atoms with van der Waals surface area (Å²) in [7, 11) is 0.157. The second-order valence-electron chi connectivity index (χ2n) is 6.17. The number of halogens is 2. The van der Waals surface area contributed by atoms with Crippen molar-refractivity contribution in [3.05, 3.63) is 29.0 Å². The largest absolute Gasteiger partial charge is 0.348 e. The lowest BCUT2D eigenvalue weighted by Gasteiger charge is -2.26. The molecule has 0 N–H and O–H groups in total. The lowest BCUT2D eigenvalue weighted by molar-refractivity contribution is -0.125. The summed E-state index contributed by atoms with van der Waals surface area (Å²) in [6.45, 7) is 0. The first-order chi connectivity index (χ1) is 11.7. The molecule has 2 aliphatic heterocycles. The molecular weight excluding hydrogens is 389 g/mol. The number of amidine groups is 1. The highest BCUT2D eigenvalue weighted by atomic mass is 35.5. The van der Waals surface area contributed by atoms with Gasteiger partial charge >= 0.3 is 0 Å². The molecule has 1 amide bonds. The van der Waals surface area contributed by atoms with Gasteiger partial charge in [-0.25, -0.2) is 12.8 Å². The highest BCUT2D eigenvalue weighted by Crippen LogP contribution is 2.36. The van der Waals surface area contributed by atoms with Crippen LogP contribution >= 0.6 is 23.4 Å². The fourth-order valence-corrected chi connectivity index (χ4v) is 5.95. The Morgan fingerprint density at radius 2 is 2.16 bits per heavy atom. The summed E-state index contributed by atoms with van der Waals surface area (Å²) in [6.07, 6.45) is 0. The summed E-state index contributed by atoms with van der Waals surface area (Å²) in [5.41, 5.74) is 0.569. The van der Waals surface area contributed by atoms with Crippen molar-refractivity contribution in [2.24, 2.45) is 4.99 Å². The van der Waals surface area contributed by atoms with Gasteiger partial charge in [-0.05, 0) is 18.2 Å². The fourth-order valence-electron chi connectivity index (χ4n) is 2.83. The molecule has 0 saturated carbocycles. The summed E-state index contributed by atoms with van der Waals surface area (Å²) in [5, 5.41) is 0.512. The second-order valence-corrected chi connectivity index (χ2v) is 9.67. The number of hydrogen-bond acceptors (Lipinski definition) is 6. The molecule has 6 nitrogen and oxygen atoms in total. The number of fused-ring (bicyclic) bond motifs is 1. The van der Waals surface area contributed by atoms with Gasteiger partial charge in [0.1, 0.15) is 5.82 Å². The van der Waals surface area contributed by atoms with Gasteiger partial charge in [0.2, 0.25) is 5.91 Å². The Morgan fingerprint density at radius 3 is 2.80 bits per heavy atom. The Hall–Kier alpha value is -1.32. The van der Waals surface area contributed by atoms with Gasteiger partial charge in [-0.15, -0.1) is 0 Å². The van der Waals surface area contributed by atoms with Crippen molar-refractivity contribution in [1.82, 2.24) is 4.90 Å². The van der Waals surface area contributed by atoms with Crippen LogP contribution in [0.3, 0.4) is 0 Å². The number of anilines is 1. The third-order valence-electron chi connectivity index (χ3n) is 4.11. The summed E-state index contributed by atoms with van der Waals surface area (Å²) in [4.78, 5) is 19.6. The van der Waals surface area contributed by atoms with Crippen LogP contribution in [0.4, 0.5) is 10.1 Å². The zero-order valence-electron chi connectivity index (χ0n) is 13.6. The molecule has 10 heteroatoms. The second kappa shape index (κ2) is 6.77. The number of amides is 1. The van der Waals surface area contributed by atoms with E-state index in [1.807, 2.05) is 0 Å². The van der Waals surface area contributed by atoms with Crippen LogP contribution in [0.1, 0.15) is 0 Å². The van der Waals surface area contributed by atoms with E-state index in [4.69, 9.17) is 11.6 Å². The number of carbonyl (C=O) groups is 1. The molecule has 0 aromatic heterocycles. The molecule has 1 aromatic rings. The van der Waals surface area contributed by atoms with Gasteiger partial charge in [0, 0.05) is 19.8 Å². The van der Waals surface area contributed by atoms with Gasteiger partial charge in [0.15, 0.2) is 15.0 Å². The van der Waals surface area contributed by atoms with Gasteiger partial charge < -0.3 is 9.80 Å². The van der Waals surface area contributed by atoms with Crippen molar-refractivity contribution in [1.29, 1.82) is 0 Å². The first-order valence-corrected chi connectivity index (χ1v) is 10.7. The number of sulfone groups is 1. The van der Waals surface area contributed by atoms with Crippen molar-refractivity contribution in [2.45, 2.75) is 12.1 Å². The molecule has 3 rings (SSSR count). The average molecular weight is 406 g/mol. The molecule has 2 atom stereocenters. The van der Waals surface area contributed by atoms with E-state index in [1.54, 1.807) is 25.1 Å². The Bertz CT molecular complexity index is 844. The maximum absolute atomic E-state index is 13.5. The Kier molecular flexibility index (Phi) is 5.00. The summed E-state index contributed by atoms with van der Waals surface area (Å²) in [5.74, 6) is -0.483. The van der Waals surface area contributed by atoms with Crippen molar-refractivity contribution >= 4 is 50.0 Å². The number of carbonyl (C=O) groups excluding carboxylic acids is 1. The van der Waals surface area contributed by atoms with Crippen molar-refractivity contribution in [2.75, 3.05) is 36.3 Å². The van der Waals surface area contributed by atoms with Crippen LogP contribution in [0.25, 0.3) is 0 Å². The van der Waals surface area contributed by atoms with Crippen molar-refractivity contribution in [3.8, 4) is 0 Å². The zero-order chi connectivity index (χ0) is 18.4. The van der Waals surface area contributed by atoms with Crippen LogP contribution in [0.15, 0.2) is 23.2 Å². The maximum Gasteiger partial charge on any atom is 0.232 e. The molecule has 0 bridgehead atoms. The molecule has 1 fully saturated rings. The minimum absolute atomic E-state index is 0.0191. The van der Waals surface area contributed by atoms with Crippen LogP contribution in [-0.2, 0) is 14.6 Å². The van der Waals surface area contributed by atoms with Gasteiger partial charge in [-0.3, -0.25) is 9.79 Å². The third kappa shape index (κ3) is 3.78. The van der Waals surface area contributed by atoms with Crippen LogP contribution in [-0.4, -0.2) is 67.8 Å². The first kappa shape index (κ1) is 18.5. The molecule has 25 heavy (non-hydrogen) atoms. The lowest BCUT2D eigenvalue weighted by Crippen LogP contribution is -2.39. The fraction of sp³-hybridized carbons (Fsp3) is 0.467. The van der Waals surface area contributed by atoms with Crippen LogP contribution in [0, 0.1) is 5.82 Å². The zero-order valence-corrected chi connectivity index (χ0v) is 16.0. The summed E-state index contributed by atoms with van der Waals surface area (Å²) >= 11 is 7.12. The van der Waals surface area contributed by atoms with Gasteiger partial charge in [-0.2, -0.15) is 0 Å². The van der Waals surface area contributed by atoms with E-state index in [0.29, 0.717) is 10.9 Å². The van der Waals surface area contributed by atoms with Crippen LogP contribution < -0.4 is 4.90 Å². The molecule has 2 heterocycles. The third-order valence-corrected chi connectivity index (χ3v) is 7.05. The number of rotatable bonds is 3. The van der Waals surface area contributed by atoms with Crippen LogP contribution in [0.2, 0.25) is 5.02 Å². The summed E-state index contributed by atoms with van der Waals surface area (Å²) in [6, 6.07) is 3.49. The Morgan fingerprint density at radius 1 is 1.44 bits per heavy atom. The van der Waals surface area contributed by atoms with E-state index < -0.39 is 15.7 Å². The number of nitrogens with zero attached hydrogens (tertiary/aromatic N) is 3. The molecule has 136 valence electrons. The predicted octanol–water partition coefficient (Wildman–Crippen LogP) is 1.64. The van der Waals surface area contributed by atoms with Gasteiger partial charge in [0.25, 0.3) is 0 Å². The maximum atomic E-state index is 13.5. The topological polar surface area (TPSA) is 70.0 Å². The molecular formula is C15H17ClFN3O3S2. The number of aliphatic imine (C=N–C) groups is 1. The van der Waals surface area contributed by atoms with E-state index in [1.165, 1.54) is 28.8 Å². The lowest BCUT2D eigenvalue weighted by atomic mass is 10.1. The standard InChI is InChI=1S/C15H17ClFN3O3S2/c1-19(2)14(21)6-24-15-18-12-7-25(22,23)8-13(12)20(15)9-3-4-11(17)10(16)5-9/h3-5,12-13H,6-8H2,1-2H3/t12-,13-/m0/s1. The highest BCUT2D eigenvalue weighted by molar-refractivity contribution is 8.14. The molecule has 0 spiro atoms. The highest BCUT2D eigenvalue weighted by Gasteiger charge is 2.47. The van der Waals surface area contributed by atoms with E-state index in [0.717, 1.165) is 0 Å². The van der Waals surface area contributed by atoms with E-state index in [9.17, 15) is 17.6 Å². The monoisotopic (exact) mass is 405 g/mol. The van der Waals surface area contributed by atoms with E-state index >= 15 is 0 Å². The predicted molar refractivity (Wildman–Crippen MR) is 98.7 cm³/mol. The first-order valence-electron chi connectivity index (χ1n) is 7.53. The Balaban J connectivity index is 1.91. The molecule has 1 saturated heterocycles. The molecule has 0 radical (unpaired) electrons. The minimum Gasteiger partial charge on any atom is -0.348 e. The minimum atomic E-state index is -3.17. The normalized spacial score (nSPS) is 24.2. The summed E-state index contributed by atoms with van der Waals surface area (Å²) < 4.78 is 37.4. The SMILES string of the molecule is CN(C)C(=O)CSC1=N[C@H]2CS(=O)(=O)C[C@@H]2N1c1ccc(F)c(Cl)c1. The average Bonchev–Trinajstić information content (AvgIpc) is 2.98.